The Hall–Kier alpha value is -0.930. The largest absolute Gasteiger partial charge is 0.507 e. The van der Waals surface area contributed by atoms with E-state index in [1.54, 1.807) is 0 Å². The highest BCUT2D eigenvalue weighted by Crippen LogP contribution is 2.28. The van der Waals surface area contributed by atoms with Crippen LogP contribution >= 0.6 is 23.2 Å². The van der Waals surface area contributed by atoms with E-state index in [0.29, 0.717) is 12.2 Å². The molecule has 0 heterocycles. The van der Waals surface area contributed by atoms with Gasteiger partial charge in [0.2, 0.25) is 4.33 Å². The minimum absolute atomic E-state index is 0.311. The average molecular weight is 417 g/mol. The van der Waals surface area contributed by atoms with Gasteiger partial charge in [-0.3, -0.25) is 0 Å². The Labute approximate surface area is 174 Å². The second kappa shape index (κ2) is 12.5. The number of carboxylic acid groups (broad SMARTS) is 1. The van der Waals surface area contributed by atoms with Crippen LogP contribution in [0.25, 0.3) is 0 Å². The first-order valence-electron chi connectivity index (χ1n) is 10.1. The van der Waals surface area contributed by atoms with Gasteiger partial charge in [0.25, 0.3) is 0 Å². The molecule has 1 aromatic rings. The fourth-order valence-electron chi connectivity index (χ4n) is 3.39. The summed E-state index contributed by atoms with van der Waals surface area (Å²) in [6.45, 7) is 3.92. The van der Waals surface area contributed by atoms with Crippen LogP contribution in [0, 0.1) is 13.8 Å². The molecule has 0 bridgehead atoms. The molecule has 2 N–H and O–H groups in total. The van der Waals surface area contributed by atoms with Gasteiger partial charge in [-0.15, -0.1) is 0 Å². The van der Waals surface area contributed by atoms with Crippen LogP contribution in [-0.2, 0) is 11.2 Å². The van der Waals surface area contributed by atoms with Gasteiger partial charge in [0.05, 0.1) is 0 Å². The summed E-state index contributed by atoms with van der Waals surface area (Å²) in [5.74, 6) is -0.730. The Kier molecular flexibility index (Phi) is 11.2. The van der Waals surface area contributed by atoms with E-state index in [-0.39, 0.29) is 0 Å². The SMILES string of the molecule is Cc1cc(CCCCCCCCCCCCC(Cl)(Cl)C(=O)O)cc(C)c1O. The van der Waals surface area contributed by atoms with E-state index < -0.39 is 10.3 Å². The zero-order valence-electron chi connectivity index (χ0n) is 16.7. The molecule has 0 saturated carbocycles. The lowest BCUT2D eigenvalue weighted by Gasteiger charge is -2.13. The molecule has 0 atom stereocenters. The van der Waals surface area contributed by atoms with E-state index in [9.17, 15) is 9.90 Å². The van der Waals surface area contributed by atoms with Crippen molar-refractivity contribution < 1.29 is 15.0 Å². The van der Waals surface area contributed by atoms with Crippen LogP contribution in [0.4, 0.5) is 0 Å². The Morgan fingerprint density at radius 1 is 0.852 bits per heavy atom. The maximum absolute atomic E-state index is 10.8. The number of aromatic hydroxyl groups is 1. The molecule has 154 valence electrons. The van der Waals surface area contributed by atoms with Crippen LogP contribution in [0.2, 0.25) is 0 Å². The highest BCUT2D eigenvalue weighted by Gasteiger charge is 2.32. The predicted molar refractivity (Wildman–Crippen MR) is 114 cm³/mol. The van der Waals surface area contributed by atoms with Gasteiger partial charge >= 0.3 is 5.97 Å². The smallest absolute Gasteiger partial charge is 0.340 e. The molecule has 3 nitrogen and oxygen atoms in total. The lowest BCUT2D eigenvalue weighted by molar-refractivity contribution is -0.138. The number of aryl methyl sites for hydroxylation is 3. The highest BCUT2D eigenvalue weighted by atomic mass is 35.5. The number of carboxylic acids is 1. The van der Waals surface area contributed by atoms with Gasteiger partial charge in [0.1, 0.15) is 5.75 Å². The minimum Gasteiger partial charge on any atom is -0.507 e. The van der Waals surface area contributed by atoms with Crippen molar-refractivity contribution in [2.45, 2.75) is 95.2 Å². The molecule has 0 aliphatic heterocycles. The van der Waals surface area contributed by atoms with Crippen LogP contribution in [0.15, 0.2) is 12.1 Å². The summed E-state index contributed by atoms with van der Waals surface area (Å²) in [7, 11) is 0. The van der Waals surface area contributed by atoms with E-state index in [2.05, 4.69) is 12.1 Å². The Balaban J connectivity index is 1.96. The summed E-state index contributed by atoms with van der Waals surface area (Å²) in [6.07, 6.45) is 13.0. The summed E-state index contributed by atoms with van der Waals surface area (Å²) in [4.78, 5) is 10.8. The van der Waals surface area contributed by atoms with Crippen LogP contribution in [0.5, 0.6) is 5.75 Å². The fourth-order valence-corrected chi connectivity index (χ4v) is 3.65. The van der Waals surface area contributed by atoms with Crippen molar-refractivity contribution in [3.63, 3.8) is 0 Å². The van der Waals surface area contributed by atoms with Crippen molar-refractivity contribution in [3.05, 3.63) is 28.8 Å². The van der Waals surface area contributed by atoms with Gasteiger partial charge in [-0.25, -0.2) is 4.79 Å². The summed E-state index contributed by atoms with van der Waals surface area (Å²) < 4.78 is -1.63. The van der Waals surface area contributed by atoms with Gasteiger partial charge in [-0.2, -0.15) is 0 Å². The lowest BCUT2D eigenvalue weighted by Crippen LogP contribution is -2.25. The minimum atomic E-state index is -1.63. The molecule has 27 heavy (non-hydrogen) atoms. The molecular weight excluding hydrogens is 383 g/mol. The standard InChI is InChI=1S/C22H34Cl2O3/c1-17-15-19(16-18(2)20(17)25)13-11-9-7-5-3-4-6-8-10-12-14-22(23,24)21(26)27/h15-16,25H,3-14H2,1-2H3,(H,26,27). The molecule has 5 heteroatoms. The predicted octanol–water partition coefficient (Wildman–Crippen LogP) is 7.10. The van der Waals surface area contributed by atoms with E-state index in [0.717, 1.165) is 36.8 Å². The Morgan fingerprint density at radius 3 is 1.70 bits per heavy atom. The van der Waals surface area contributed by atoms with Gasteiger partial charge < -0.3 is 10.2 Å². The molecule has 0 aliphatic carbocycles. The van der Waals surface area contributed by atoms with Gasteiger partial charge in [0.15, 0.2) is 0 Å². The summed E-state index contributed by atoms with van der Waals surface area (Å²) >= 11 is 11.4. The number of hydrogen-bond donors (Lipinski definition) is 2. The number of halogens is 2. The molecule has 0 unspecified atom stereocenters. The van der Waals surface area contributed by atoms with Crippen molar-refractivity contribution in [3.8, 4) is 5.75 Å². The van der Waals surface area contributed by atoms with Crippen molar-refractivity contribution in [1.82, 2.24) is 0 Å². The molecule has 0 amide bonds. The van der Waals surface area contributed by atoms with Crippen LogP contribution in [0.3, 0.4) is 0 Å². The highest BCUT2D eigenvalue weighted by molar-refractivity contribution is 6.57. The molecule has 0 aliphatic rings. The number of hydrogen-bond acceptors (Lipinski definition) is 2. The summed E-state index contributed by atoms with van der Waals surface area (Å²) in [5, 5.41) is 18.6. The zero-order chi connectivity index (χ0) is 20.3. The maximum Gasteiger partial charge on any atom is 0.340 e. The number of phenols is 1. The number of rotatable bonds is 14. The monoisotopic (exact) mass is 416 g/mol. The van der Waals surface area contributed by atoms with E-state index in [1.807, 2.05) is 13.8 Å². The number of aliphatic carboxylic acids is 1. The van der Waals surface area contributed by atoms with Crippen LogP contribution < -0.4 is 0 Å². The average Bonchev–Trinajstić information content (AvgIpc) is 2.60. The van der Waals surface area contributed by atoms with Crippen LogP contribution in [-0.4, -0.2) is 20.5 Å². The normalized spacial score (nSPS) is 11.7. The number of alkyl halides is 2. The van der Waals surface area contributed by atoms with E-state index in [4.69, 9.17) is 28.3 Å². The van der Waals surface area contributed by atoms with Crippen molar-refractivity contribution >= 4 is 29.2 Å². The number of unbranched alkanes of at least 4 members (excludes halogenated alkanes) is 9. The van der Waals surface area contributed by atoms with Gasteiger partial charge in [-0.05, 0) is 56.2 Å². The third kappa shape index (κ3) is 9.71. The van der Waals surface area contributed by atoms with E-state index in [1.165, 1.54) is 50.5 Å². The molecule has 1 aromatic carbocycles. The van der Waals surface area contributed by atoms with Gasteiger partial charge in [-0.1, -0.05) is 86.7 Å². The third-order valence-corrected chi connectivity index (χ3v) is 5.77. The Bertz CT molecular complexity index is 562. The molecule has 0 spiro atoms. The maximum atomic E-state index is 10.8. The topological polar surface area (TPSA) is 57.5 Å². The summed E-state index contributed by atoms with van der Waals surface area (Å²) in [5.41, 5.74) is 3.26. The first-order valence-corrected chi connectivity index (χ1v) is 10.9. The molecule has 0 radical (unpaired) electrons. The van der Waals surface area contributed by atoms with Gasteiger partial charge in [0, 0.05) is 0 Å². The molecule has 0 saturated heterocycles. The van der Waals surface area contributed by atoms with Crippen molar-refractivity contribution in [2.75, 3.05) is 0 Å². The quantitative estimate of drug-likeness (QED) is 0.251. The lowest BCUT2D eigenvalue weighted by atomic mass is 10.00. The molecule has 0 aromatic heterocycles. The number of phenolic OH excluding ortho intramolecular Hbond substituents is 1. The number of benzene rings is 1. The van der Waals surface area contributed by atoms with Crippen molar-refractivity contribution in [2.24, 2.45) is 0 Å². The summed E-state index contributed by atoms with van der Waals surface area (Å²) in [6, 6.07) is 4.19. The first-order chi connectivity index (χ1) is 12.7. The molecule has 1 rings (SSSR count). The van der Waals surface area contributed by atoms with E-state index >= 15 is 0 Å². The molecule has 0 fully saturated rings. The number of carbonyl (C=O) groups is 1. The third-order valence-electron chi connectivity index (χ3n) is 5.07. The zero-order valence-corrected chi connectivity index (χ0v) is 18.2. The molecular formula is C22H34Cl2O3. The second-order valence-electron chi connectivity index (χ2n) is 7.62. The van der Waals surface area contributed by atoms with Crippen LogP contribution in [0.1, 0.15) is 87.3 Å². The van der Waals surface area contributed by atoms with Crippen molar-refractivity contribution in [1.29, 1.82) is 0 Å². The Morgan fingerprint density at radius 2 is 1.26 bits per heavy atom. The second-order valence-corrected chi connectivity index (χ2v) is 9.11. The fraction of sp³-hybridized carbons (Fsp3) is 0.682. The first kappa shape index (κ1) is 24.1.